The Kier molecular flexibility index (Phi) is 4.66. The van der Waals surface area contributed by atoms with Crippen LogP contribution in [0.5, 0.6) is 0 Å². The van der Waals surface area contributed by atoms with E-state index in [-0.39, 0.29) is 6.04 Å². The summed E-state index contributed by atoms with van der Waals surface area (Å²) in [6, 6.07) is 3.97. The van der Waals surface area contributed by atoms with Crippen molar-refractivity contribution >= 4 is 17.3 Å². The van der Waals surface area contributed by atoms with Crippen molar-refractivity contribution in [3.05, 3.63) is 54.4 Å². The maximum atomic E-state index is 6.05. The molecule has 0 fully saturated rings. The Labute approximate surface area is 162 Å². The number of hydrogen-bond acceptors (Lipinski definition) is 7. The van der Waals surface area contributed by atoms with Gasteiger partial charge in [0.2, 0.25) is 0 Å². The van der Waals surface area contributed by atoms with Gasteiger partial charge in [0.1, 0.15) is 5.65 Å². The van der Waals surface area contributed by atoms with Crippen molar-refractivity contribution in [2.24, 2.45) is 7.05 Å². The number of ether oxygens (including phenoxy) is 1. The minimum atomic E-state index is -0.0389. The van der Waals surface area contributed by atoms with Crippen LogP contribution < -0.4 is 11.1 Å². The number of nitrogens with zero attached hydrogens (tertiary/aromatic N) is 6. The van der Waals surface area contributed by atoms with Crippen molar-refractivity contribution in [1.82, 2.24) is 29.1 Å². The highest BCUT2D eigenvalue weighted by Crippen LogP contribution is 2.25. The predicted molar refractivity (Wildman–Crippen MR) is 107 cm³/mol. The Morgan fingerprint density at radius 2 is 2.04 bits per heavy atom. The molecular formula is C19H22N8O. The number of methoxy groups -OCH3 is 1. The van der Waals surface area contributed by atoms with E-state index < -0.39 is 0 Å². The van der Waals surface area contributed by atoms with E-state index >= 15 is 0 Å². The first-order chi connectivity index (χ1) is 13.5. The van der Waals surface area contributed by atoms with Crippen LogP contribution in [-0.2, 0) is 18.4 Å². The van der Waals surface area contributed by atoms with Crippen molar-refractivity contribution < 1.29 is 4.74 Å². The number of nitrogen functional groups attached to an aromatic ring is 1. The lowest BCUT2D eigenvalue weighted by molar-refractivity contribution is 0.181. The zero-order valence-corrected chi connectivity index (χ0v) is 16.0. The van der Waals surface area contributed by atoms with Crippen LogP contribution in [0.4, 0.5) is 11.6 Å². The minimum Gasteiger partial charge on any atom is -0.381 e. The normalized spacial score (nSPS) is 12.4. The molecule has 1 unspecified atom stereocenters. The van der Waals surface area contributed by atoms with Gasteiger partial charge in [-0.1, -0.05) is 6.07 Å². The molecule has 3 N–H and O–H groups in total. The molecule has 0 aliphatic rings. The lowest BCUT2D eigenvalue weighted by Crippen LogP contribution is -2.12. The number of fused-ring (bicyclic) bond motifs is 1. The maximum absolute atomic E-state index is 6.05. The van der Waals surface area contributed by atoms with Crippen LogP contribution in [0.3, 0.4) is 0 Å². The highest BCUT2D eigenvalue weighted by molar-refractivity contribution is 5.64. The van der Waals surface area contributed by atoms with Gasteiger partial charge in [0.15, 0.2) is 11.6 Å². The summed E-state index contributed by atoms with van der Waals surface area (Å²) in [7, 11) is 3.53. The molecule has 0 spiro atoms. The smallest absolute Gasteiger partial charge is 0.170 e. The lowest BCUT2D eigenvalue weighted by Gasteiger charge is -2.17. The molecule has 0 bridgehead atoms. The molecule has 0 amide bonds. The third-order valence-electron chi connectivity index (χ3n) is 4.55. The fourth-order valence-corrected chi connectivity index (χ4v) is 3.04. The molecule has 0 aliphatic heterocycles. The van der Waals surface area contributed by atoms with Gasteiger partial charge in [0, 0.05) is 32.1 Å². The number of rotatable bonds is 6. The highest BCUT2D eigenvalue weighted by atomic mass is 16.5. The van der Waals surface area contributed by atoms with Crippen molar-refractivity contribution in [3.8, 4) is 11.3 Å². The minimum absolute atomic E-state index is 0.0389. The number of nitrogens with one attached hydrogen (secondary N) is 1. The van der Waals surface area contributed by atoms with Gasteiger partial charge >= 0.3 is 0 Å². The molecule has 4 aromatic heterocycles. The highest BCUT2D eigenvalue weighted by Gasteiger charge is 2.13. The Balaban J connectivity index is 1.62. The second kappa shape index (κ2) is 7.28. The van der Waals surface area contributed by atoms with Gasteiger partial charge in [-0.3, -0.25) is 4.68 Å². The first-order valence-corrected chi connectivity index (χ1v) is 8.88. The van der Waals surface area contributed by atoms with E-state index in [0.717, 1.165) is 22.5 Å². The zero-order valence-electron chi connectivity index (χ0n) is 16.0. The molecule has 0 aromatic carbocycles. The summed E-state index contributed by atoms with van der Waals surface area (Å²) >= 11 is 0. The summed E-state index contributed by atoms with van der Waals surface area (Å²) < 4.78 is 8.99. The lowest BCUT2D eigenvalue weighted by atomic mass is 10.1. The molecule has 4 heterocycles. The van der Waals surface area contributed by atoms with E-state index in [9.17, 15) is 0 Å². The standard InChI is InChI=1S/C19H22N8O/c1-12(13-4-5-17-21-7-15(11-28-3)27(17)10-13)24-19-18(20)22-8-16(25-19)14-6-23-26(2)9-14/h4-10,12H,11H2,1-3H3,(H2,20,22)(H,24,25). The zero-order chi connectivity index (χ0) is 19.7. The molecule has 0 saturated carbocycles. The first-order valence-electron chi connectivity index (χ1n) is 8.88. The fourth-order valence-electron chi connectivity index (χ4n) is 3.04. The van der Waals surface area contributed by atoms with E-state index in [4.69, 9.17) is 10.5 Å². The SMILES string of the molecule is COCc1cnc2ccc(C(C)Nc3nc(-c4cnn(C)c4)cnc3N)cn12. The maximum Gasteiger partial charge on any atom is 0.170 e. The number of pyridine rings is 1. The monoisotopic (exact) mass is 378 g/mol. The second-order valence-corrected chi connectivity index (χ2v) is 6.63. The second-order valence-electron chi connectivity index (χ2n) is 6.63. The molecule has 0 radical (unpaired) electrons. The predicted octanol–water partition coefficient (Wildman–Crippen LogP) is 2.43. The molecule has 0 saturated heterocycles. The molecule has 4 aromatic rings. The number of nitrogens with two attached hydrogens (primary N) is 1. The van der Waals surface area contributed by atoms with Crippen LogP contribution in [-0.4, -0.2) is 36.2 Å². The summed E-state index contributed by atoms with van der Waals surface area (Å²) in [4.78, 5) is 13.3. The molecule has 9 heteroatoms. The van der Waals surface area contributed by atoms with E-state index in [1.807, 2.05) is 49.1 Å². The van der Waals surface area contributed by atoms with Gasteiger partial charge in [-0.15, -0.1) is 0 Å². The summed E-state index contributed by atoms with van der Waals surface area (Å²) in [5.41, 5.74) is 10.6. The summed E-state index contributed by atoms with van der Waals surface area (Å²) in [5, 5.41) is 7.54. The van der Waals surface area contributed by atoms with E-state index in [0.29, 0.717) is 23.9 Å². The number of anilines is 2. The third kappa shape index (κ3) is 3.39. The fraction of sp³-hybridized carbons (Fsp3) is 0.263. The van der Waals surface area contributed by atoms with E-state index in [1.54, 1.807) is 24.2 Å². The van der Waals surface area contributed by atoms with Crippen molar-refractivity contribution in [2.75, 3.05) is 18.2 Å². The molecule has 28 heavy (non-hydrogen) atoms. The first kappa shape index (κ1) is 17.9. The Morgan fingerprint density at radius 3 is 2.79 bits per heavy atom. The van der Waals surface area contributed by atoms with Gasteiger partial charge in [-0.25, -0.2) is 15.0 Å². The summed E-state index contributed by atoms with van der Waals surface area (Å²) in [5.74, 6) is 0.889. The quantitative estimate of drug-likeness (QED) is 0.530. The van der Waals surface area contributed by atoms with Crippen molar-refractivity contribution in [1.29, 1.82) is 0 Å². The van der Waals surface area contributed by atoms with E-state index in [1.165, 1.54) is 0 Å². The Morgan fingerprint density at radius 1 is 1.18 bits per heavy atom. The number of aryl methyl sites for hydroxylation is 1. The van der Waals surface area contributed by atoms with Crippen molar-refractivity contribution in [3.63, 3.8) is 0 Å². The Bertz CT molecular complexity index is 1120. The molecule has 144 valence electrons. The topological polar surface area (TPSA) is 108 Å². The number of imidazole rings is 1. The van der Waals surface area contributed by atoms with Crippen LogP contribution >= 0.6 is 0 Å². The molecular weight excluding hydrogens is 356 g/mol. The van der Waals surface area contributed by atoms with Crippen LogP contribution in [0.25, 0.3) is 16.9 Å². The van der Waals surface area contributed by atoms with Crippen LogP contribution in [0, 0.1) is 0 Å². The molecule has 9 nitrogen and oxygen atoms in total. The third-order valence-corrected chi connectivity index (χ3v) is 4.55. The largest absolute Gasteiger partial charge is 0.381 e. The van der Waals surface area contributed by atoms with Gasteiger partial charge in [0.05, 0.1) is 42.6 Å². The van der Waals surface area contributed by atoms with Gasteiger partial charge in [-0.2, -0.15) is 5.10 Å². The van der Waals surface area contributed by atoms with Gasteiger partial charge in [-0.05, 0) is 18.6 Å². The van der Waals surface area contributed by atoms with Crippen LogP contribution in [0.2, 0.25) is 0 Å². The molecule has 4 rings (SSSR count). The number of hydrogen-bond donors (Lipinski definition) is 2. The van der Waals surface area contributed by atoms with Crippen LogP contribution in [0.1, 0.15) is 24.2 Å². The van der Waals surface area contributed by atoms with Crippen molar-refractivity contribution in [2.45, 2.75) is 19.6 Å². The Hall–Kier alpha value is -3.46. The van der Waals surface area contributed by atoms with Gasteiger partial charge < -0.3 is 20.2 Å². The van der Waals surface area contributed by atoms with Crippen LogP contribution in [0.15, 0.2) is 43.1 Å². The average molecular weight is 378 g/mol. The average Bonchev–Trinajstić information content (AvgIpc) is 3.30. The summed E-state index contributed by atoms with van der Waals surface area (Å²) in [6.07, 6.45) is 9.15. The summed E-state index contributed by atoms with van der Waals surface area (Å²) in [6.45, 7) is 2.55. The molecule has 0 aliphatic carbocycles. The number of aromatic nitrogens is 6. The van der Waals surface area contributed by atoms with E-state index in [2.05, 4.69) is 25.4 Å². The van der Waals surface area contributed by atoms with Gasteiger partial charge in [0.25, 0.3) is 0 Å². The molecule has 1 atom stereocenters.